The van der Waals surface area contributed by atoms with Gasteiger partial charge in [0.05, 0.1) is 0 Å². The van der Waals surface area contributed by atoms with E-state index >= 15 is 0 Å². The van der Waals surface area contributed by atoms with E-state index in [4.69, 9.17) is 5.73 Å². The van der Waals surface area contributed by atoms with Gasteiger partial charge in [-0.25, -0.2) is 0 Å². The zero-order valence-electron chi connectivity index (χ0n) is 8.49. The number of nitrogens with two attached hydrogens (primary N) is 1. The fourth-order valence-corrected chi connectivity index (χ4v) is 2.24. The van der Waals surface area contributed by atoms with Crippen LogP contribution >= 0.6 is 0 Å². The highest BCUT2D eigenvalue weighted by atomic mass is 16.1. The van der Waals surface area contributed by atoms with Crippen LogP contribution in [0.2, 0.25) is 0 Å². The van der Waals surface area contributed by atoms with Crippen LogP contribution in [-0.2, 0) is 13.0 Å². The molecular formula is C11H16N2O. The van der Waals surface area contributed by atoms with E-state index in [1.807, 2.05) is 17.6 Å². The highest BCUT2D eigenvalue weighted by molar-refractivity contribution is 5.27. The van der Waals surface area contributed by atoms with Crippen LogP contribution in [0, 0.1) is 0 Å². The van der Waals surface area contributed by atoms with Gasteiger partial charge in [-0.1, -0.05) is 6.07 Å². The van der Waals surface area contributed by atoms with E-state index in [-0.39, 0.29) is 11.6 Å². The molecule has 0 aliphatic heterocycles. The molecule has 1 aromatic rings. The average molecular weight is 192 g/mol. The Balaban J connectivity index is 2.61. The molecule has 3 heteroatoms. The van der Waals surface area contributed by atoms with E-state index in [0.717, 1.165) is 37.1 Å². The lowest BCUT2D eigenvalue weighted by Crippen LogP contribution is -2.28. The normalized spacial score (nSPS) is 20.6. The van der Waals surface area contributed by atoms with Crippen molar-refractivity contribution in [2.24, 2.45) is 5.73 Å². The predicted molar refractivity (Wildman–Crippen MR) is 56.2 cm³/mol. The number of nitrogens with zero attached hydrogens (tertiary/aromatic N) is 1. The third kappa shape index (κ3) is 1.38. The highest BCUT2D eigenvalue weighted by Gasteiger charge is 2.19. The van der Waals surface area contributed by atoms with Gasteiger partial charge in [-0.15, -0.1) is 0 Å². The fourth-order valence-electron chi connectivity index (χ4n) is 2.24. The number of rotatable bonds is 1. The van der Waals surface area contributed by atoms with Crippen molar-refractivity contribution in [3.05, 3.63) is 33.7 Å². The molecule has 76 valence electrons. The summed E-state index contributed by atoms with van der Waals surface area (Å²) in [5, 5.41) is 0. The second-order valence-corrected chi connectivity index (χ2v) is 3.82. The molecule has 2 N–H and O–H groups in total. The quantitative estimate of drug-likeness (QED) is 0.727. The van der Waals surface area contributed by atoms with Gasteiger partial charge in [0, 0.05) is 24.3 Å². The molecule has 0 bridgehead atoms. The summed E-state index contributed by atoms with van der Waals surface area (Å²) in [5.41, 5.74) is 8.42. The maximum absolute atomic E-state index is 11.6. The van der Waals surface area contributed by atoms with Gasteiger partial charge in [-0.05, 0) is 31.7 Å². The zero-order valence-corrected chi connectivity index (χ0v) is 8.49. The third-order valence-electron chi connectivity index (χ3n) is 2.97. The Labute approximate surface area is 83.5 Å². The molecule has 0 amide bonds. The van der Waals surface area contributed by atoms with Crippen molar-refractivity contribution in [3.63, 3.8) is 0 Å². The summed E-state index contributed by atoms with van der Waals surface area (Å²) in [6.45, 7) is 2.75. The van der Waals surface area contributed by atoms with Crippen LogP contribution in [-0.4, -0.2) is 4.57 Å². The van der Waals surface area contributed by atoms with E-state index in [9.17, 15) is 4.79 Å². The molecule has 14 heavy (non-hydrogen) atoms. The SMILES string of the molecule is CCn1c2c(ccc1=O)[C@@H](N)CCC2. The molecule has 0 saturated heterocycles. The Kier molecular flexibility index (Phi) is 2.42. The van der Waals surface area contributed by atoms with Crippen LogP contribution in [0.3, 0.4) is 0 Å². The molecule has 2 rings (SSSR count). The minimum atomic E-state index is 0.0975. The van der Waals surface area contributed by atoms with Gasteiger partial charge >= 0.3 is 0 Å². The molecule has 0 saturated carbocycles. The number of hydrogen-bond donors (Lipinski definition) is 1. The molecule has 0 aromatic carbocycles. The summed E-state index contributed by atoms with van der Waals surface area (Å²) in [5.74, 6) is 0. The standard InChI is InChI=1S/C11H16N2O/c1-2-13-10-5-3-4-9(12)8(10)6-7-11(13)14/h6-7,9H,2-5,12H2,1H3/t9-/m0/s1. The molecule has 0 radical (unpaired) electrons. The van der Waals surface area contributed by atoms with Crippen molar-refractivity contribution in [2.45, 2.75) is 38.8 Å². The third-order valence-corrected chi connectivity index (χ3v) is 2.97. The van der Waals surface area contributed by atoms with Gasteiger partial charge in [0.2, 0.25) is 0 Å². The maximum Gasteiger partial charge on any atom is 0.250 e. The molecule has 1 aliphatic carbocycles. The summed E-state index contributed by atoms with van der Waals surface area (Å²) in [6, 6.07) is 3.65. The lowest BCUT2D eigenvalue weighted by molar-refractivity contribution is 0.525. The first-order valence-corrected chi connectivity index (χ1v) is 5.22. The zero-order chi connectivity index (χ0) is 10.1. The lowest BCUT2D eigenvalue weighted by atomic mass is 9.91. The van der Waals surface area contributed by atoms with Crippen LogP contribution in [0.15, 0.2) is 16.9 Å². The van der Waals surface area contributed by atoms with Crippen LogP contribution in [0.4, 0.5) is 0 Å². The van der Waals surface area contributed by atoms with Crippen molar-refractivity contribution < 1.29 is 0 Å². The largest absolute Gasteiger partial charge is 0.324 e. The van der Waals surface area contributed by atoms with E-state index < -0.39 is 0 Å². The van der Waals surface area contributed by atoms with Crippen LogP contribution in [0.1, 0.15) is 37.1 Å². The summed E-state index contributed by atoms with van der Waals surface area (Å²) in [4.78, 5) is 11.6. The monoisotopic (exact) mass is 192 g/mol. The number of aromatic nitrogens is 1. The molecule has 3 nitrogen and oxygen atoms in total. The first-order valence-electron chi connectivity index (χ1n) is 5.22. The highest BCUT2D eigenvalue weighted by Crippen LogP contribution is 2.26. The molecule has 0 fully saturated rings. The van der Waals surface area contributed by atoms with Gasteiger partial charge < -0.3 is 10.3 Å². The van der Waals surface area contributed by atoms with Crippen LogP contribution < -0.4 is 11.3 Å². The summed E-state index contributed by atoms with van der Waals surface area (Å²) < 4.78 is 1.84. The summed E-state index contributed by atoms with van der Waals surface area (Å²) >= 11 is 0. The molecule has 1 aromatic heterocycles. The molecule has 0 unspecified atom stereocenters. The molecule has 1 aliphatic rings. The molecule has 1 heterocycles. The Morgan fingerprint density at radius 1 is 1.57 bits per heavy atom. The van der Waals surface area contributed by atoms with Gasteiger partial charge in [0.15, 0.2) is 0 Å². The predicted octanol–water partition coefficient (Wildman–Crippen LogP) is 1.20. The Bertz CT molecular complexity index is 395. The van der Waals surface area contributed by atoms with Gasteiger partial charge in [-0.3, -0.25) is 4.79 Å². The summed E-state index contributed by atoms with van der Waals surface area (Å²) in [7, 11) is 0. The number of pyridine rings is 1. The minimum Gasteiger partial charge on any atom is -0.324 e. The average Bonchev–Trinajstić information content (AvgIpc) is 2.18. The lowest BCUT2D eigenvalue weighted by Gasteiger charge is -2.24. The Morgan fingerprint density at radius 3 is 3.07 bits per heavy atom. The first kappa shape index (κ1) is 9.46. The van der Waals surface area contributed by atoms with Crippen LogP contribution in [0.25, 0.3) is 0 Å². The second kappa shape index (κ2) is 3.58. The summed E-state index contributed by atoms with van der Waals surface area (Å²) in [6.07, 6.45) is 3.12. The van der Waals surface area contributed by atoms with Gasteiger partial charge in [0.1, 0.15) is 0 Å². The molecule has 1 atom stereocenters. The molecule has 0 spiro atoms. The van der Waals surface area contributed by atoms with E-state index in [0.29, 0.717) is 0 Å². The maximum atomic E-state index is 11.6. The van der Waals surface area contributed by atoms with Crippen LogP contribution in [0.5, 0.6) is 0 Å². The number of hydrogen-bond acceptors (Lipinski definition) is 2. The first-order chi connectivity index (χ1) is 6.74. The fraction of sp³-hybridized carbons (Fsp3) is 0.545. The van der Waals surface area contributed by atoms with Gasteiger partial charge in [-0.2, -0.15) is 0 Å². The minimum absolute atomic E-state index is 0.0975. The molecular weight excluding hydrogens is 176 g/mol. The van der Waals surface area contributed by atoms with Crippen molar-refractivity contribution in [1.29, 1.82) is 0 Å². The second-order valence-electron chi connectivity index (χ2n) is 3.82. The van der Waals surface area contributed by atoms with Crippen molar-refractivity contribution in [1.82, 2.24) is 4.57 Å². The smallest absolute Gasteiger partial charge is 0.250 e. The van der Waals surface area contributed by atoms with E-state index in [1.165, 1.54) is 0 Å². The van der Waals surface area contributed by atoms with Crippen molar-refractivity contribution >= 4 is 0 Å². The van der Waals surface area contributed by atoms with E-state index in [2.05, 4.69) is 0 Å². The number of fused-ring (bicyclic) bond motifs is 1. The Hall–Kier alpha value is -1.09. The van der Waals surface area contributed by atoms with E-state index in [1.54, 1.807) is 6.07 Å². The topological polar surface area (TPSA) is 48.0 Å². The van der Waals surface area contributed by atoms with Gasteiger partial charge in [0.25, 0.3) is 5.56 Å². The van der Waals surface area contributed by atoms with Crippen molar-refractivity contribution in [3.8, 4) is 0 Å². The Morgan fingerprint density at radius 2 is 2.36 bits per heavy atom. The van der Waals surface area contributed by atoms with Crippen molar-refractivity contribution in [2.75, 3.05) is 0 Å².